The van der Waals surface area contributed by atoms with Crippen molar-refractivity contribution in [3.63, 3.8) is 0 Å². The summed E-state index contributed by atoms with van der Waals surface area (Å²) in [6.07, 6.45) is 2.65. The van der Waals surface area contributed by atoms with Gasteiger partial charge in [-0.2, -0.15) is 5.10 Å². The van der Waals surface area contributed by atoms with Crippen LogP contribution in [0, 0.1) is 20.2 Å². The van der Waals surface area contributed by atoms with Gasteiger partial charge in [-0.05, 0) is 43.0 Å². The summed E-state index contributed by atoms with van der Waals surface area (Å²) >= 11 is 3.44. The zero-order valence-electron chi connectivity index (χ0n) is 12.9. The average molecular weight is 405 g/mol. The highest BCUT2D eigenvalue weighted by Crippen LogP contribution is 2.30. The number of hydrazone groups is 1. The van der Waals surface area contributed by atoms with Crippen molar-refractivity contribution < 1.29 is 9.85 Å². The number of anilines is 1. The number of nitro benzene ring substituents is 2. The number of nitrogens with zero attached hydrogens (tertiary/aromatic N) is 3. The van der Waals surface area contributed by atoms with Gasteiger partial charge in [0.1, 0.15) is 5.69 Å². The van der Waals surface area contributed by atoms with Crippen LogP contribution in [0.2, 0.25) is 0 Å². The van der Waals surface area contributed by atoms with E-state index in [1.165, 1.54) is 17.7 Å². The van der Waals surface area contributed by atoms with Gasteiger partial charge in [-0.1, -0.05) is 22.0 Å². The quantitative estimate of drug-likeness (QED) is 0.598. The molecule has 9 heteroatoms. The molecule has 0 spiro atoms. The Kier molecular flexibility index (Phi) is 4.75. The number of nitro groups is 2. The van der Waals surface area contributed by atoms with Crippen molar-refractivity contribution in [2.45, 2.75) is 19.3 Å². The Hall–Kier alpha value is -2.81. The van der Waals surface area contributed by atoms with Gasteiger partial charge < -0.3 is 0 Å². The van der Waals surface area contributed by atoms with Crippen LogP contribution in [0.15, 0.2) is 46.0 Å². The van der Waals surface area contributed by atoms with E-state index >= 15 is 0 Å². The van der Waals surface area contributed by atoms with E-state index in [4.69, 9.17) is 0 Å². The van der Waals surface area contributed by atoms with Gasteiger partial charge in [0, 0.05) is 16.1 Å². The normalized spacial score (nSPS) is 14.8. The molecule has 0 atom stereocenters. The largest absolute Gasteiger partial charge is 0.301 e. The van der Waals surface area contributed by atoms with Gasteiger partial charge in [-0.25, -0.2) is 0 Å². The molecule has 0 aromatic heterocycles. The molecule has 2 aromatic rings. The molecule has 0 radical (unpaired) electrons. The number of nitrogens with one attached hydrogen (secondary N) is 1. The van der Waals surface area contributed by atoms with E-state index in [0.29, 0.717) is 0 Å². The van der Waals surface area contributed by atoms with Gasteiger partial charge in [0.15, 0.2) is 0 Å². The Labute approximate surface area is 151 Å². The zero-order valence-corrected chi connectivity index (χ0v) is 14.5. The molecule has 1 N–H and O–H groups in total. The summed E-state index contributed by atoms with van der Waals surface area (Å²) in [6.45, 7) is 0. The number of hydrogen-bond donors (Lipinski definition) is 1. The van der Waals surface area contributed by atoms with Gasteiger partial charge in [-0.15, -0.1) is 0 Å². The van der Waals surface area contributed by atoms with Crippen molar-refractivity contribution in [2.75, 3.05) is 5.43 Å². The van der Waals surface area contributed by atoms with Crippen LogP contribution in [0.4, 0.5) is 17.1 Å². The van der Waals surface area contributed by atoms with Gasteiger partial charge >= 0.3 is 5.69 Å². The van der Waals surface area contributed by atoms with Crippen molar-refractivity contribution in [3.8, 4) is 0 Å². The lowest BCUT2D eigenvalue weighted by molar-refractivity contribution is -0.393. The third-order valence-corrected chi connectivity index (χ3v) is 4.44. The molecule has 0 saturated heterocycles. The lowest BCUT2D eigenvalue weighted by Crippen LogP contribution is -2.13. The van der Waals surface area contributed by atoms with Crippen LogP contribution < -0.4 is 5.43 Å². The highest BCUT2D eigenvalue weighted by molar-refractivity contribution is 9.10. The predicted octanol–water partition coefficient (Wildman–Crippen LogP) is 4.42. The highest BCUT2D eigenvalue weighted by Gasteiger charge is 2.20. The molecular formula is C16H13BrN4O4. The number of benzene rings is 2. The summed E-state index contributed by atoms with van der Waals surface area (Å²) in [6, 6.07) is 9.40. The molecule has 0 amide bonds. The first-order valence-corrected chi connectivity index (χ1v) is 8.29. The highest BCUT2D eigenvalue weighted by atomic mass is 79.9. The second-order valence-corrected chi connectivity index (χ2v) is 6.46. The fourth-order valence-electron chi connectivity index (χ4n) is 2.74. The fourth-order valence-corrected chi connectivity index (χ4v) is 3.10. The maximum absolute atomic E-state index is 11.2. The Morgan fingerprint density at radius 1 is 1.04 bits per heavy atom. The van der Waals surface area contributed by atoms with E-state index in [1.807, 2.05) is 18.2 Å². The number of aryl methyl sites for hydroxylation is 1. The van der Waals surface area contributed by atoms with Crippen molar-refractivity contribution in [2.24, 2.45) is 5.10 Å². The molecular weight excluding hydrogens is 392 g/mol. The second-order valence-electron chi connectivity index (χ2n) is 5.54. The number of rotatable bonds is 4. The Morgan fingerprint density at radius 2 is 1.84 bits per heavy atom. The topological polar surface area (TPSA) is 111 Å². The van der Waals surface area contributed by atoms with Gasteiger partial charge in [0.2, 0.25) is 0 Å². The monoisotopic (exact) mass is 404 g/mol. The van der Waals surface area contributed by atoms with E-state index in [9.17, 15) is 20.2 Å². The minimum atomic E-state index is -0.669. The lowest BCUT2D eigenvalue weighted by Gasteiger charge is -2.18. The first-order chi connectivity index (χ1) is 12.0. The number of hydrogen-bond acceptors (Lipinski definition) is 6. The third kappa shape index (κ3) is 3.66. The second kappa shape index (κ2) is 6.98. The molecule has 2 aromatic carbocycles. The van der Waals surface area contributed by atoms with E-state index in [0.717, 1.165) is 41.1 Å². The molecule has 1 aliphatic rings. The summed E-state index contributed by atoms with van der Waals surface area (Å²) in [5.41, 5.74) is 5.07. The Bertz CT molecular complexity index is 898. The standard InChI is InChI=1S/C16H13BrN4O4/c17-11-5-4-10-2-1-3-14(13(10)8-11)18-19-15-7-6-12(20(22)23)9-16(15)21(24)25/h4-9,19H,1-3H2/b18-14-. The van der Waals surface area contributed by atoms with Crippen LogP contribution >= 0.6 is 15.9 Å². The SMILES string of the molecule is O=[N+]([O-])c1ccc(N/N=C2/CCCc3ccc(Br)cc32)c([N+](=O)[O-])c1. The number of halogens is 1. The van der Waals surface area contributed by atoms with Crippen molar-refractivity contribution in [1.82, 2.24) is 0 Å². The summed E-state index contributed by atoms with van der Waals surface area (Å²) in [5.74, 6) is 0. The zero-order chi connectivity index (χ0) is 18.0. The maximum atomic E-state index is 11.2. The molecule has 3 rings (SSSR count). The molecule has 0 heterocycles. The van der Waals surface area contributed by atoms with Crippen LogP contribution in [0.25, 0.3) is 0 Å². The van der Waals surface area contributed by atoms with Crippen LogP contribution in [-0.4, -0.2) is 15.6 Å². The van der Waals surface area contributed by atoms with E-state index in [2.05, 4.69) is 26.5 Å². The summed E-state index contributed by atoms with van der Waals surface area (Å²) in [5, 5.41) is 26.3. The first-order valence-electron chi connectivity index (χ1n) is 7.50. The fraction of sp³-hybridized carbons (Fsp3) is 0.188. The van der Waals surface area contributed by atoms with E-state index in [-0.39, 0.29) is 17.1 Å². The Balaban J connectivity index is 1.94. The minimum Gasteiger partial charge on any atom is -0.271 e. The Morgan fingerprint density at radius 3 is 2.56 bits per heavy atom. The molecule has 8 nitrogen and oxygen atoms in total. The smallest absolute Gasteiger partial charge is 0.271 e. The molecule has 0 fully saturated rings. The average Bonchev–Trinajstić information content (AvgIpc) is 2.59. The lowest BCUT2D eigenvalue weighted by atomic mass is 9.90. The van der Waals surface area contributed by atoms with Gasteiger partial charge in [0.05, 0.1) is 21.6 Å². The molecule has 25 heavy (non-hydrogen) atoms. The van der Waals surface area contributed by atoms with E-state index in [1.54, 1.807) is 0 Å². The van der Waals surface area contributed by atoms with E-state index < -0.39 is 9.85 Å². The summed E-state index contributed by atoms with van der Waals surface area (Å²) in [4.78, 5) is 20.6. The molecule has 128 valence electrons. The summed E-state index contributed by atoms with van der Waals surface area (Å²) < 4.78 is 0.933. The van der Waals surface area contributed by atoms with Crippen molar-refractivity contribution >= 4 is 38.7 Å². The first kappa shape index (κ1) is 17.0. The van der Waals surface area contributed by atoms with Crippen molar-refractivity contribution in [1.29, 1.82) is 0 Å². The van der Waals surface area contributed by atoms with Gasteiger partial charge in [-0.3, -0.25) is 25.7 Å². The summed E-state index contributed by atoms with van der Waals surface area (Å²) in [7, 11) is 0. The molecule has 0 saturated carbocycles. The predicted molar refractivity (Wildman–Crippen MR) is 97.0 cm³/mol. The molecule has 0 unspecified atom stereocenters. The van der Waals surface area contributed by atoms with Crippen LogP contribution in [0.5, 0.6) is 0 Å². The van der Waals surface area contributed by atoms with Crippen LogP contribution in [-0.2, 0) is 6.42 Å². The maximum Gasteiger partial charge on any atom is 0.301 e. The third-order valence-electron chi connectivity index (χ3n) is 3.94. The molecule has 1 aliphatic carbocycles. The molecule has 0 bridgehead atoms. The molecule has 0 aliphatic heterocycles. The van der Waals surface area contributed by atoms with Crippen molar-refractivity contribution in [3.05, 3.63) is 72.2 Å². The number of non-ortho nitro benzene ring substituents is 1. The minimum absolute atomic E-state index is 0.116. The van der Waals surface area contributed by atoms with Crippen LogP contribution in [0.1, 0.15) is 24.0 Å². The van der Waals surface area contributed by atoms with Gasteiger partial charge in [0.25, 0.3) is 5.69 Å². The van der Waals surface area contributed by atoms with Crippen LogP contribution in [0.3, 0.4) is 0 Å². The number of fused-ring (bicyclic) bond motifs is 1.